The van der Waals surface area contributed by atoms with Crippen molar-refractivity contribution in [2.75, 3.05) is 33.4 Å². The smallest absolute Gasteiger partial charge is 0.464 e. The lowest BCUT2D eigenvalue weighted by Crippen LogP contribution is -2.38. The Bertz CT molecular complexity index is 754. The summed E-state index contributed by atoms with van der Waals surface area (Å²) in [6.45, 7) is 11.6. The molecule has 0 aliphatic heterocycles. The van der Waals surface area contributed by atoms with Crippen molar-refractivity contribution >= 4 is 32.0 Å². The number of likely N-dealkylation sites (N-methyl/N-ethyl adjacent to an activating group) is 1. The van der Waals surface area contributed by atoms with E-state index in [9.17, 15) is 18.9 Å². The molecule has 0 spiro atoms. The van der Waals surface area contributed by atoms with Crippen molar-refractivity contribution in [3.8, 4) is 0 Å². The molecule has 0 heterocycles. The molecule has 0 aromatic heterocycles. The van der Waals surface area contributed by atoms with Gasteiger partial charge in [-0.25, -0.2) is 23.2 Å². The van der Waals surface area contributed by atoms with Crippen LogP contribution in [0.3, 0.4) is 0 Å². The quantitative estimate of drug-likeness (QED) is 0.0550. The highest BCUT2D eigenvalue weighted by atomic mass is 31.2. The molecule has 0 bridgehead atoms. The first kappa shape index (κ1) is 34.4. The molecule has 2 unspecified atom stereocenters. The number of rotatable bonds is 16. The Hall–Kier alpha value is -2.57. The van der Waals surface area contributed by atoms with E-state index in [0.717, 1.165) is 6.42 Å². The fourth-order valence-electron chi connectivity index (χ4n) is 2.24. The van der Waals surface area contributed by atoms with Crippen LogP contribution >= 0.6 is 7.75 Å². The summed E-state index contributed by atoms with van der Waals surface area (Å²) in [5.41, 5.74) is 5.98. The third kappa shape index (κ3) is 14.7. The SMILES string of the molecule is CCCCOC(=O)CN(C)C(N)=NP(=O)(OC(OC(=O)OCC)C(C)C)OC(OC(=O)OCC)C(C)C. The predicted octanol–water partition coefficient (Wildman–Crippen LogP) is 4.03. The van der Waals surface area contributed by atoms with Crippen molar-refractivity contribution in [2.45, 2.75) is 73.9 Å². The topological polar surface area (TPSA) is 175 Å². The molecule has 216 valence electrons. The van der Waals surface area contributed by atoms with E-state index < -0.39 is 56.4 Å². The van der Waals surface area contributed by atoms with Gasteiger partial charge in [-0.05, 0) is 20.3 Å². The van der Waals surface area contributed by atoms with Crippen LogP contribution in [0.5, 0.6) is 0 Å². The molecule has 15 heteroatoms. The van der Waals surface area contributed by atoms with E-state index in [4.69, 9.17) is 38.5 Å². The molecule has 0 aromatic carbocycles. The van der Waals surface area contributed by atoms with Gasteiger partial charge in [0.2, 0.25) is 18.5 Å². The van der Waals surface area contributed by atoms with E-state index in [2.05, 4.69) is 4.76 Å². The van der Waals surface area contributed by atoms with Crippen molar-refractivity contribution < 1.29 is 51.7 Å². The number of unbranched alkanes of at least 4 members (excludes halogenated alkanes) is 1. The molecule has 0 saturated carbocycles. The maximum Gasteiger partial charge on any atom is 0.510 e. The van der Waals surface area contributed by atoms with Crippen molar-refractivity contribution in [3.63, 3.8) is 0 Å². The number of guanidine groups is 1. The summed E-state index contributed by atoms with van der Waals surface area (Å²) in [4.78, 5) is 37.0. The summed E-state index contributed by atoms with van der Waals surface area (Å²) in [5.74, 6) is -2.06. The monoisotopic (exact) mass is 555 g/mol. The number of hydrogen-bond acceptors (Lipinski definition) is 11. The Kier molecular flexibility index (Phi) is 16.6. The molecule has 0 saturated heterocycles. The second-order valence-corrected chi connectivity index (χ2v) is 9.95. The Morgan fingerprint density at radius 1 is 0.865 bits per heavy atom. The molecule has 2 atom stereocenters. The number of carbonyl (C=O) groups excluding carboxylic acids is 3. The van der Waals surface area contributed by atoms with Crippen LogP contribution in [0.15, 0.2) is 4.76 Å². The van der Waals surface area contributed by atoms with Gasteiger partial charge in [0, 0.05) is 18.9 Å². The lowest BCUT2D eigenvalue weighted by molar-refractivity contribution is -0.144. The molecule has 2 N–H and O–H groups in total. The van der Waals surface area contributed by atoms with Crippen molar-refractivity contribution in [3.05, 3.63) is 0 Å². The van der Waals surface area contributed by atoms with Gasteiger partial charge in [0.1, 0.15) is 6.54 Å². The average molecular weight is 556 g/mol. The van der Waals surface area contributed by atoms with E-state index >= 15 is 0 Å². The van der Waals surface area contributed by atoms with E-state index in [1.165, 1.54) is 11.9 Å². The van der Waals surface area contributed by atoms with E-state index in [-0.39, 0.29) is 26.4 Å². The summed E-state index contributed by atoms with van der Waals surface area (Å²) in [5, 5.41) is 0. The average Bonchev–Trinajstić information content (AvgIpc) is 2.78. The molecule has 14 nitrogen and oxygen atoms in total. The maximum atomic E-state index is 13.8. The molecule has 0 rings (SSSR count). The van der Waals surface area contributed by atoms with Crippen LogP contribution in [0, 0.1) is 11.8 Å². The van der Waals surface area contributed by atoms with Gasteiger partial charge in [-0.15, -0.1) is 4.76 Å². The van der Waals surface area contributed by atoms with Gasteiger partial charge in [-0.2, -0.15) is 0 Å². The second-order valence-electron chi connectivity index (χ2n) is 8.39. The number of esters is 1. The zero-order valence-corrected chi connectivity index (χ0v) is 23.9. The molecular formula is C22H42N3O11P. The summed E-state index contributed by atoms with van der Waals surface area (Å²) < 4.78 is 53.5. The number of carbonyl (C=O) groups is 3. The summed E-state index contributed by atoms with van der Waals surface area (Å²) in [6, 6.07) is 0. The third-order valence-electron chi connectivity index (χ3n) is 4.26. The van der Waals surface area contributed by atoms with Crippen LogP contribution < -0.4 is 5.73 Å². The number of hydrogen-bond donors (Lipinski definition) is 1. The van der Waals surface area contributed by atoms with Crippen LogP contribution in [0.25, 0.3) is 0 Å². The van der Waals surface area contributed by atoms with Crippen LogP contribution in [0.4, 0.5) is 9.59 Å². The molecule has 0 aromatic rings. The zero-order chi connectivity index (χ0) is 28.6. The van der Waals surface area contributed by atoms with Crippen molar-refractivity contribution in [1.82, 2.24) is 4.90 Å². The van der Waals surface area contributed by atoms with E-state index in [1.807, 2.05) is 6.92 Å². The maximum absolute atomic E-state index is 13.8. The van der Waals surface area contributed by atoms with Gasteiger partial charge in [0.15, 0.2) is 0 Å². The van der Waals surface area contributed by atoms with Crippen LogP contribution in [-0.4, -0.2) is 75.1 Å². The molecular weight excluding hydrogens is 513 g/mol. The molecule has 0 amide bonds. The van der Waals surface area contributed by atoms with Crippen LogP contribution in [0.2, 0.25) is 0 Å². The third-order valence-corrected chi connectivity index (χ3v) is 5.65. The molecule has 0 radical (unpaired) electrons. The standard InChI is InChI=1S/C22H42N3O11P/c1-9-12-13-32-17(26)14-25(8)20(23)24-37(29,35-18(15(4)5)33-21(27)30-10-2)36-19(16(6)7)34-22(28)31-11-3/h15-16,18-19H,9-14H2,1-8H3,(H2,23,24,29). The largest absolute Gasteiger partial charge is 0.510 e. The zero-order valence-electron chi connectivity index (χ0n) is 23.0. The van der Waals surface area contributed by atoms with E-state index in [1.54, 1.807) is 41.5 Å². The minimum absolute atomic E-state index is 0.0326. The predicted molar refractivity (Wildman–Crippen MR) is 133 cm³/mol. The Morgan fingerprint density at radius 3 is 1.70 bits per heavy atom. The van der Waals surface area contributed by atoms with Gasteiger partial charge in [-0.3, -0.25) is 4.79 Å². The van der Waals surface area contributed by atoms with E-state index in [0.29, 0.717) is 6.42 Å². The lowest BCUT2D eigenvalue weighted by atomic mass is 10.2. The van der Waals surface area contributed by atoms with Gasteiger partial charge >= 0.3 is 26.0 Å². The first-order valence-electron chi connectivity index (χ1n) is 12.1. The fraction of sp³-hybridized carbons (Fsp3) is 0.818. The molecule has 37 heavy (non-hydrogen) atoms. The van der Waals surface area contributed by atoms with Gasteiger partial charge in [0.25, 0.3) is 0 Å². The molecule has 0 aliphatic rings. The Labute approximate surface area is 218 Å². The second kappa shape index (κ2) is 17.8. The Balaban J connectivity index is 6.03. The number of nitrogens with two attached hydrogens (primary N) is 1. The van der Waals surface area contributed by atoms with Crippen LogP contribution in [-0.2, 0) is 42.1 Å². The van der Waals surface area contributed by atoms with Crippen molar-refractivity contribution in [2.24, 2.45) is 22.3 Å². The first-order chi connectivity index (χ1) is 17.3. The minimum Gasteiger partial charge on any atom is -0.464 e. The number of nitrogens with zero attached hydrogens (tertiary/aromatic N) is 2. The van der Waals surface area contributed by atoms with Gasteiger partial charge < -0.3 is 34.3 Å². The lowest BCUT2D eigenvalue weighted by Gasteiger charge is -2.28. The van der Waals surface area contributed by atoms with Gasteiger partial charge in [-0.1, -0.05) is 41.0 Å². The van der Waals surface area contributed by atoms with Gasteiger partial charge in [0.05, 0.1) is 19.8 Å². The summed E-state index contributed by atoms with van der Waals surface area (Å²) >= 11 is 0. The highest BCUT2D eigenvalue weighted by Crippen LogP contribution is 2.54. The normalized spacial score (nSPS) is 14.9. The number of ether oxygens (including phenoxy) is 5. The summed E-state index contributed by atoms with van der Waals surface area (Å²) in [7, 11) is -3.25. The first-order valence-corrected chi connectivity index (χ1v) is 13.6. The fourth-order valence-corrected chi connectivity index (χ4v) is 3.88. The highest BCUT2D eigenvalue weighted by molar-refractivity contribution is 7.52. The highest BCUT2D eigenvalue weighted by Gasteiger charge is 2.39. The van der Waals surface area contributed by atoms with Crippen LogP contribution in [0.1, 0.15) is 61.3 Å². The summed E-state index contributed by atoms with van der Waals surface area (Å²) in [6.07, 6.45) is -3.48. The van der Waals surface area contributed by atoms with Crippen molar-refractivity contribution in [1.29, 1.82) is 0 Å². The minimum atomic E-state index is -4.67. The Morgan fingerprint density at radius 2 is 1.32 bits per heavy atom. The molecule has 0 aliphatic carbocycles. The molecule has 0 fully saturated rings.